The third-order valence-corrected chi connectivity index (χ3v) is 2.54. The molecule has 1 heterocycles. The van der Waals surface area contributed by atoms with Crippen LogP contribution in [0.15, 0.2) is 18.3 Å². The molecule has 0 spiro atoms. The molecule has 0 aromatic carbocycles. The molecule has 0 bridgehead atoms. The van der Waals surface area contributed by atoms with Gasteiger partial charge in [0, 0.05) is 11.6 Å². The quantitative estimate of drug-likeness (QED) is 0.675. The Morgan fingerprint density at radius 1 is 1.06 bits per heavy atom. The van der Waals surface area contributed by atoms with E-state index < -0.39 is 0 Å². The minimum Gasteiger partial charge on any atom is -0.292 e. The monoisotopic (exact) mass is 219 g/mol. The number of Topliss-reactive ketones (excluding diaryl/α,β-unsaturated/α-hetero) is 1. The highest BCUT2D eigenvalue weighted by molar-refractivity contribution is 5.98. The fraction of sp³-hybridized carbons (Fsp3) is 0.571. The summed E-state index contributed by atoms with van der Waals surface area (Å²) >= 11 is 0. The zero-order valence-electron chi connectivity index (χ0n) is 11.1. The molecule has 2 heteroatoms. The van der Waals surface area contributed by atoms with Gasteiger partial charge in [-0.25, -0.2) is 0 Å². The Bertz CT molecular complexity index is 377. The van der Waals surface area contributed by atoms with E-state index in [1.165, 1.54) is 0 Å². The van der Waals surface area contributed by atoms with Crippen LogP contribution in [0, 0.1) is 5.41 Å². The number of ketones is 1. The van der Waals surface area contributed by atoms with Gasteiger partial charge < -0.3 is 0 Å². The maximum Gasteiger partial charge on any atom is 0.186 e. The summed E-state index contributed by atoms with van der Waals surface area (Å²) in [5.41, 5.74) is 1.42. The molecule has 1 aromatic heterocycles. The van der Waals surface area contributed by atoms with Gasteiger partial charge in [0.15, 0.2) is 5.78 Å². The van der Waals surface area contributed by atoms with E-state index in [-0.39, 0.29) is 16.6 Å². The van der Waals surface area contributed by atoms with Crippen molar-refractivity contribution < 1.29 is 4.79 Å². The zero-order valence-corrected chi connectivity index (χ0v) is 11.1. The third kappa shape index (κ3) is 2.91. The number of aromatic nitrogens is 1. The van der Waals surface area contributed by atoms with Gasteiger partial charge in [-0.1, -0.05) is 47.6 Å². The molecule has 88 valence electrons. The van der Waals surface area contributed by atoms with Crippen molar-refractivity contribution in [3.8, 4) is 0 Å². The third-order valence-electron chi connectivity index (χ3n) is 2.54. The van der Waals surface area contributed by atoms with Crippen molar-refractivity contribution in [3.05, 3.63) is 29.6 Å². The molecular formula is C14H21NO. The topological polar surface area (TPSA) is 30.0 Å². The van der Waals surface area contributed by atoms with Crippen molar-refractivity contribution in [2.75, 3.05) is 0 Å². The summed E-state index contributed by atoms with van der Waals surface area (Å²) < 4.78 is 0. The van der Waals surface area contributed by atoms with Crippen LogP contribution in [0.1, 0.15) is 57.6 Å². The van der Waals surface area contributed by atoms with Gasteiger partial charge in [-0.2, -0.15) is 0 Å². The second-order valence-corrected chi connectivity index (χ2v) is 6.26. The summed E-state index contributed by atoms with van der Waals surface area (Å²) in [6.07, 6.45) is 1.80. The first-order chi connectivity index (χ1) is 7.12. The average Bonchev–Trinajstić information content (AvgIpc) is 2.14. The lowest BCUT2D eigenvalue weighted by atomic mass is 9.86. The number of pyridine rings is 1. The molecular weight excluding hydrogens is 198 g/mol. The van der Waals surface area contributed by atoms with Crippen LogP contribution in [0.25, 0.3) is 0 Å². The number of hydrogen-bond acceptors (Lipinski definition) is 2. The fourth-order valence-corrected chi connectivity index (χ4v) is 1.36. The highest BCUT2D eigenvalue weighted by Crippen LogP contribution is 2.23. The van der Waals surface area contributed by atoms with Gasteiger partial charge in [0.05, 0.1) is 0 Å². The normalized spacial score (nSPS) is 12.6. The Morgan fingerprint density at radius 2 is 1.62 bits per heavy atom. The van der Waals surface area contributed by atoms with E-state index in [0.29, 0.717) is 5.69 Å². The molecule has 0 atom stereocenters. The van der Waals surface area contributed by atoms with Crippen LogP contribution < -0.4 is 0 Å². The van der Waals surface area contributed by atoms with E-state index >= 15 is 0 Å². The number of nitrogens with zero attached hydrogens (tertiary/aromatic N) is 1. The van der Waals surface area contributed by atoms with Crippen LogP contribution in [0.3, 0.4) is 0 Å². The second-order valence-electron chi connectivity index (χ2n) is 6.26. The van der Waals surface area contributed by atoms with Gasteiger partial charge in [-0.05, 0) is 17.0 Å². The number of hydrogen-bond donors (Lipinski definition) is 0. The zero-order chi connectivity index (χ0) is 12.6. The molecule has 1 aromatic rings. The van der Waals surface area contributed by atoms with Crippen molar-refractivity contribution >= 4 is 5.78 Å². The second kappa shape index (κ2) is 4.00. The Balaban J connectivity index is 3.01. The van der Waals surface area contributed by atoms with Crippen LogP contribution in [-0.4, -0.2) is 10.8 Å². The molecule has 0 N–H and O–H groups in total. The summed E-state index contributed by atoms with van der Waals surface area (Å²) in [4.78, 5) is 16.2. The van der Waals surface area contributed by atoms with Gasteiger partial charge in [0.1, 0.15) is 5.69 Å². The van der Waals surface area contributed by atoms with Gasteiger partial charge in [0.2, 0.25) is 0 Å². The molecule has 16 heavy (non-hydrogen) atoms. The lowest BCUT2D eigenvalue weighted by Gasteiger charge is -2.20. The first-order valence-electron chi connectivity index (χ1n) is 5.64. The largest absolute Gasteiger partial charge is 0.292 e. The first-order valence-corrected chi connectivity index (χ1v) is 5.64. The summed E-state index contributed by atoms with van der Waals surface area (Å²) in [5, 5.41) is 0. The Morgan fingerprint density at radius 3 is 1.94 bits per heavy atom. The minimum absolute atomic E-state index is 0.0797. The first kappa shape index (κ1) is 12.9. The lowest BCUT2D eigenvalue weighted by Crippen LogP contribution is -2.22. The Hall–Kier alpha value is -1.18. The van der Waals surface area contributed by atoms with Gasteiger partial charge in [-0.15, -0.1) is 0 Å². The molecule has 2 nitrogen and oxygen atoms in total. The van der Waals surface area contributed by atoms with E-state index in [0.717, 1.165) is 5.56 Å². The summed E-state index contributed by atoms with van der Waals surface area (Å²) in [5.74, 6) is 0.0907. The highest BCUT2D eigenvalue weighted by atomic mass is 16.1. The highest BCUT2D eigenvalue weighted by Gasteiger charge is 2.24. The molecule has 1 rings (SSSR count). The number of carbonyl (C=O) groups is 1. The van der Waals surface area contributed by atoms with Crippen molar-refractivity contribution in [2.24, 2.45) is 5.41 Å². The molecule has 0 saturated carbocycles. The Labute approximate surface area is 98.1 Å². The predicted octanol–water partition coefficient (Wildman–Crippen LogP) is 3.61. The SMILES string of the molecule is CC(C)(C)C(=O)c1ccc(C(C)(C)C)cn1. The summed E-state index contributed by atoms with van der Waals surface area (Å²) in [6.45, 7) is 12.1. The lowest BCUT2D eigenvalue weighted by molar-refractivity contribution is 0.0853. The maximum atomic E-state index is 12.0. The van der Waals surface area contributed by atoms with E-state index in [2.05, 4.69) is 25.8 Å². The summed E-state index contributed by atoms with van der Waals surface area (Å²) in [7, 11) is 0. The molecule has 0 aliphatic carbocycles. The van der Waals surface area contributed by atoms with Crippen LogP contribution in [-0.2, 0) is 5.41 Å². The van der Waals surface area contributed by atoms with Gasteiger partial charge in [0.25, 0.3) is 0 Å². The van der Waals surface area contributed by atoms with Crippen LogP contribution in [0.5, 0.6) is 0 Å². The standard InChI is InChI=1S/C14H21NO/c1-13(2,3)10-7-8-11(15-9-10)12(16)14(4,5)6/h7-9H,1-6H3. The molecule has 0 saturated heterocycles. The summed E-state index contributed by atoms with van der Waals surface area (Å²) in [6, 6.07) is 3.82. The molecule has 0 aliphatic rings. The number of carbonyl (C=O) groups excluding carboxylic acids is 1. The van der Waals surface area contributed by atoms with Crippen molar-refractivity contribution in [2.45, 2.75) is 47.0 Å². The van der Waals surface area contributed by atoms with Crippen molar-refractivity contribution in [1.82, 2.24) is 4.98 Å². The molecule has 0 unspecified atom stereocenters. The van der Waals surface area contributed by atoms with Gasteiger partial charge >= 0.3 is 0 Å². The van der Waals surface area contributed by atoms with Crippen LogP contribution >= 0.6 is 0 Å². The predicted molar refractivity (Wildman–Crippen MR) is 66.7 cm³/mol. The fourth-order valence-electron chi connectivity index (χ4n) is 1.36. The molecule has 0 radical (unpaired) electrons. The molecule has 0 amide bonds. The maximum absolute atomic E-state index is 12.0. The molecule has 0 fully saturated rings. The molecule has 0 aliphatic heterocycles. The number of rotatable bonds is 1. The smallest absolute Gasteiger partial charge is 0.186 e. The van der Waals surface area contributed by atoms with Crippen molar-refractivity contribution in [3.63, 3.8) is 0 Å². The average molecular weight is 219 g/mol. The van der Waals surface area contributed by atoms with Crippen molar-refractivity contribution in [1.29, 1.82) is 0 Å². The van der Waals surface area contributed by atoms with E-state index in [1.54, 1.807) is 6.20 Å². The minimum atomic E-state index is -0.365. The van der Waals surface area contributed by atoms with Crippen LogP contribution in [0.2, 0.25) is 0 Å². The van der Waals surface area contributed by atoms with E-state index in [9.17, 15) is 4.79 Å². The van der Waals surface area contributed by atoms with Crippen LogP contribution in [0.4, 0.5) is 0 Å². The Kier molecular flexibility index (Phi) is 3.22. The van der Waals surface area contributed by atoms with E-state index in [1.807, 2.05) is 32.9 Å². The van der Waals surface area contributed by atoms with E-state index in [4.69, 9.17) is 0 Å². The van der Waals surface area contributed by atoms with Gasteiger partial charge in [-0.3, -0.25) is 9.78 Å².